The molecule has 0 saturated heterocycles. The largest absolute Gasteiger partial charge is 0.336 e. The second-order valence-electron chi connectivity index (χ2n) is 2.84. The highest BCUT2D eigenvalue weighted by atomic mass is 31.1. The summed E-state index contributed by atoms with van der Waals surface area (Å²) in [6.45, 7) is 6.07. The molecule has 0 aliphatic rings. The normalized spacial score (nSPS) is 11.5. The fourth-order valence-corrected chi connectivity index (χ4v) is 1.30. The van der Waals surface area contributed by atoms with Crippen LogP contribution < -0.4 is 0 Å². The van der Waals surface area contributed by atoms with Crippen molar-refractivity contribution in [2.75, 3.05) is 13.2 Å². The predicted octanol–water partition coefficient (Wildman–Crippen LogP) is 3.52. The zero-order chi connectivity index (χ0) is 9.07. The Balaban J connectivity index is 2.73. The van der Waals surface area contributed by atoms with Gasteiger partial charge in [0.05, 0.1) is 13.2 Å². The molecule has 0 N–H and O–H groups in total. The molecule has 0 bridgehead atoms. The third-order valence-corrected chi connectivity index (χ3v) is 2.21. The number of unbranched alkanes of at least 4 members (excludes halogenated alkanes) is 3. The highest BCUT2D eigenvalue weighted by Gasteiger charge is 1.89. The lowest BCUT2D eigenvalue weighted by Gasteiger charge is -2.03. The smallest absolute Gasteiger partial charge is 0.155 e. The van der Waals surface area contributed by atoms with E-state index in [1.165, 1.54) is 25.7 Å². The van der Waals surface area contributed by atoms with E-state index >= 15 is 0 Å². The Bertz CT molecular complexity index is 68.9. The molecule has 0 amide bonds. The molecule has 0 aromatic carbocycles. The highest BCUT2D eigenvalue weighted by molar-refractivity contribution is 7.26. The van der Waals surface area contributed by atoms with Gasteiger partial charge in [0.1, 0.15) is 0 Å². The molecule has 1 atom stereocenters. The van der Waals surface area contributed by atoms with E-state index in [-0.39, 0.29) is 9.03 Å². The first-order chi connectivity index (χ1) is 5.91. The molecule has 74 valence electrons. The minimum atomic E-state index is 0.253. The van der Waals surface area contributed by atoms with Crippen molar-refractivity contribution in [3.8, 4) is 0 Å². The maximum absolute atomic E-state index is 5.29. The summed E-state index contributed by atoms with van der Waals surface area (Å²) in [6, 6.07) is 0. The quantitative estimate of drug-likeness (QED) is 0.411. The van der Waals surface area contributed by atoms with Gasteiger partial charge in [-0.1, -0.05) is 33.1 Å². The van der Waals surface area contributed by atoms with Gasteiger partial charge < -0.3 is 9.05 Å². The molecule has 0 saturated carbocycles. The Hall–Kier alpha value is 0.350. The maximum atomic E-state index is 5.29. The topological polar surface area (TPSA) is 18.5 Å². The van der Waals surface area contributed by atoms with Gasteiger partial charge in [-0.05, 0) is 12.8 Å². The Kier molecular flexibility index (Phi) is 11.7. The molecular formula is C9H21O2P. The monoisotopic (exact) mass is 192 g/mol. The molecule has 2 nitrogen and oxygen atoms in total. The molecule has 0 heterocycles. The van der Waals surface area contributed by atoms with Gasteiger partial charge in [-0.25, -0.2) is 0 Å². The molecule has 12 heavy (non-hydrogen) atoms. The lowest BCUT2D eigenvalue weighted by Crippen LogP contribution is -1.88. The van der Waals surface area contributed by atoms with Gasteiger partial charge in [-0.15, -0.1) is 0 Å². The summed E-state index contributed by atoms with van der Waals surface area (Å²) in [6.07, 6.45) is 6.02. The standard InChI is InChI=1S/C9H21O2P/c1-3-5-7-9-11-12-10-8-6-4-2/h12H,3-9H2,1-2H3. The van der Waals surface area contributed by atoms with Crippen LogP contribution in [-0.2, 0) is 9.05 Å². The van der Waals surface area contributed by atoms with E-state index in [2.05, 4.69) is 13.8 Å². The number of hydrogen-bond acceptors (Lipinski definition) is 2. The lowest BCUT2D eigenvalue weighted by atomic mass is 10.3. The minimum Gasteiger partial charge on any atom is -0.336 e. The van der Waals surface area contributed by atoms with Crippen molar-refractivity contribution in [3.63, 3.8) is 0 Å². The zero-order valence-corrected chi connectivity index (χ0v) is 9.27. The van der Waals surface area contributed by atoms with Gasteiger partial charge in [0.25, 0.3) is 0 Å². The number of hydrogen-bond donors (Lipinski definition) is 0. The van der Waals surface area contributed by atoms with E-state index in [0.29, 0.717) is 0 Å². The Morgan fingerprint density at radius 3 is 2.00 bits per heavy atom. The Labute approximate surface area is 78.0 Å². The van der Waals surface area contributed by atoms with Crippen LogP contribution in [0.25, 0.3) is 0 Å². The summed E-state index contributed by atoms with van der Waals surface area (Å²) >= 11 is 0. The second-order valence-corrected chi connectivity index (χ2v) is 3.58. The van der Waals surface area contributed by atoms with Gasteiger partial charge in [-0.2, -0.15) is 0 Å². The van der Waals surface area contributed by atoms with Crippen LogP contribution in [0.2, 0.25) is 0 Å². The van der Waals surface area contributed by atoms with Gasteiger partial charge in [-0.3, -0.25) is 0 Å². The summed E-state index contributed by atoms with van der Waals surface area (Å²) in [4.78, 5) is 0. The first-order valence-electron chi connectivity index (χ1n) is 4.90. The van der Waals surface area contributed by atoms with Crippen LogP contribution >= 0.6 is 9.03 Å². The molecule has 0 spiro atoms. The van der Waals surface area contributed by atoms with Crippen LogP contribution in [0.1, 0.15) is 46.0 Å². The zero-order valence-electron chi connectivity index (χ0n) is 8.27. The molecule has 0 aliphatic carbocycles. The van der Waals surface area contributed by atoms with E-state index in [9.17, 15) is 0 Å². The molecule has 3 heteroatoms. The van der Waals surface area contributed by atoms with Gasteiger partial charge >= 0.3 is 0 Å². The van der Waals surface area contributed by atoms with E-state index in [0.717, 1.165) is 19.6 Å². The van der Waals surface area contributed by atoms with Crippen LogP contribution in [0.4, 0.5) is 0 Å². The first kappa shape index (κ1) is 12.3. The molecular weight excluding hydrogens is 171 g/mol. The van der Waals surface area contributed by atoms with Crippen LogP contribution in [-0.4, -0.2) is 13.2 Å². The third-order valence-electron chi connectivity index (χ3n) is 1.57. The van der Waals surface area contributed by atoms with Crippen molar-refractivity contribution in [3.05, 3.63) is 0 Å². The van der Waals surface area contributed by atoms with E-state index < -0.39 is 0 Å². The SMILES string of the molecule is CCCCCOPOCCCC. The maximum Gasteiger partial charge on any atom is 0.155 e. The molecule has 0 aliphatic heterocycles. The average molecular weight is 192 g/mol. The first-order valence-corrected chi connectivity index (χ1v) is 5.72. The van der Waals surface area contributed by atoms with Crippen molar-refractivity contribution in [2.24, 2.45) is 0 Å². The van der Waals surface area contributed by atoms with Crippen molar-refractivity contribution in [1.29, 1.82) is 0 Å². The predicted molar refractivity (Wildman–Crippen MR) is 54.7 cm³/mol. The van der Waals surface area contributed by atoms with E-state index in [4.69, 9.17) is 9.05 Å². The lowest BCUT2D eigenvalue weighted by molar-refractivity contribution is 0.258. The minimum absolute atomic E-state index is 0.253. The van der Waals surface area contributed by atoms with Crippen LogP contribution in [0, 0.1) is 0 Å². The number of rotatable bonds is 9. The summed E-state index contributed by atoms with van der Waals surface area (Å²) in [5.74, 6) is 0. The fraction of sp³-hybridized carbons (Fsp3) is 1.00. The van der Waals surface area contributed by atoms with Crippen molar-refractivity contribution in [1.82, 2.24) is 0 Å². The highest BCUT2D eigenvalue weighted by Crippen LogP contribution is 2.14. The summed E-state index contributed by atoms with van der Waals surface area (Å²) in [5.41, 5.74) is 0. The molecule has 0 radical (unpaired) electrons. The van der Waals surface area contributed by atoms with Crippen LogP contribution in [0.3, 0.4) is 0 Å². The van der Waals surface area contributed by atoms with Crippen molar-refractivity contribution >= 4 is 9.03 Å². The van der Waals surface area contributed by atoms with Gasteiger partial charge in [0.2, 0.25) is 0 Å². The van der Waals surface area contributed by atoms with Crippen LogP contribution in [0.5, 0.6) is 0 Å². The van der Waals surface area contributed by atoms with E-state index in [1.54, 1.807) is 0 Å². The van der Waals surface area contributed by atoms with Gasteiger partial charge in [0.15, 0.2) is 9.03 Å². The summed E-state index contributed by atoms with van der Waals surface area (Å²) in [5, 5.41) is 0. The molecule has 0 aromatic rings. The average Bonchev–Trinajstić information content (AvgIpc) is 2.10. The van der Waals surface area contributed by atoms with Crippen molar-refractivity contribution < 1.29 is 9.05 Å². The molecule has 0 rings (SSSR count). The Morgan fingerprint density at radius 2 is 1.42 bits per heavy atom. The van der Waals surface area contributed by atoms with E-state index in [1.807, 2.05) is 0 Å². The molecule has 0 fully saturated rings. The summed E-state index contributed by atoms with van der Waals surface area (Å²) in [7, 11) is 0.253. The summed E-state index contributed by atoms with van der Waals surface area (Å²) < 4.78 is 10.5. The second kappa shape index (κ2) is 11.4. The molecule has 0 aromatic heterocycles. The Morgan fingerprint density at radius 1 is 0.833 bits per heavy atom. The van der Waals surface area contributed by atoms with Crippen molar-refractivity contribution in [2.45, 2.75) is 46.0 Å². The third kappa shape index (κ3) is 10.3. The van der Waals surface area contributed by atoms with Crippen LogP contribution in [0.15, 0.2) is 0 Å². The molecule has 1 unspecified atom stereocenters. The van der Waals surface area contributed by atoms with Gasteiger partial charge in [0, 0.05) is 0 Å². The fourth-order valence-electron chi connectivity index (χ4n) is 0.766.